The lowest BCUT2D eigenvalue weighted by molar-refractivity contribution is -0.386. The summed E-state index contributed by atoms with van der Waals surface area (Å²) in [5, 5.41) is 15.2. The molecule has 1 aromatic heterocycles. The van der Waals surface area contributed by atoms with E-state index >= 15 is 0 Å². The third kappa shape index (κ3) is 2.87. The number of Topliss-reactive ketones (excluding diaryl/α,β-unsaturated/α-hetero) is 1. The highest BCUT2D eigenvalue weighted by atomic mass is 79.9. The maximum absolute atomic E-state index is 12.5. The fraction of sp³-hybridized carbons (Fsp3) is 0.286. The summed E-state index contributed by atoms with van der Waals surface area (Å²) in [6.07, 6.45) is 0. The molecule has 110 valence electrons. The van der Waals surface area contributed by atoms with E-state index in [1.165, 1.54) is 4.68 Å². The van der Waals surface area contributed by atoms with Crippen molar-refractivity contribution in [1.29, 1.82) is 0 Å². The molecule has 6 nitrogen and oxygen atoms in total. The Morgan fingerprint density at radius 3 is 2.38 bits per heavy atom. The summed E-state index contributed by atoms with van der Waals surface area (Å²) in [4.78, 5) is 23.0. The Morgan fingerprint density at radius 2 is 1.90 bits per heavy atom. The predicted octanol–water partition coefficient (Wildman–Crippen LogP) is 3.61. The number of nitro groups is 1. The lowest BCUT2D eigenvalue weighted by atomic mass is 10.1. The molecule has 0 unspecified atom stereocenters. The summed E-state index contributed by atoms with van der Waals surface area (Å²) < 4.78 is 2.30. The van der Waals surface area contributed by atoms with Crippen molar-refractivity contribution in [1.82, 2.24) is 9.78 Å². The minimum Gasteiger partial charge on any atom is -0.292 e. The second kappa shape index (κ2) is 5.77. The van der Waals surface area contributed by atoms with Crippen molar-refractivity contribution >= 4 is 27.4 Å². The van der Waals surface area contributed by atoms with E-state index in [1.807, 2.05) is 0 Å². The van der Waals surface area contributed by atoms with Crippen molar-refractivity contribution in [2.24, 2.45) is 0 Å². The molecule has 0 radical (unpaired) electrons. The van der Waals surface area contributed by atoms with Crippen LogP contribution >= 0.6 is 15.9 Å². The predicted molar refractivity (Wildman–Crippen MR) is 81.5 cm³/mol. The number of ketones is 1. The maximum atomic E-state index is 12.5. The van der Waals surface area contributed by atoms with Gasteiger partial charge in [0.1, 0.15) is 17.4 Å². The molecule has 1 atom stereocenters. The van der Waals surface area contributed by atoms with E-state index in [-0.39, 0.29) is 11.5 Å². The largest absolute Gasteiger partial charge is 0.312 e. The van der Waals surface area contributed by atoms with Gasteiger partial charge in [-0.1, -0.05) is 28.1 Å². The van der Waals surface area contributed by atoms with Crippen molar-refractivity contribution in [3.63, 3.8) is 0 Å². The third-order valence-corrected chi connectivity index (χ3v) is 3.87. The van der Waals surface area contributed by atoms with Gasteiger partial charge in [0.15, 0.2) is 5.78 Å². The summed E-state index contributed by atoms with van der Waals surface area (Å²) in [7, 11) is 0. The molecule has 0 spiro atoms. The van der Waals surface area contributed by atoms with Gasteiger partial charge in [-0.25, -0.2) is 0 Å². The van der Waals surface area contributed by atoms with Gasteiger partial charge in [-0.05, 0) is 32.9 Å². The van der Waals surface area contributed by atoms with Crippen LogP contribution in [-0.2, 0) is 0 Å². The Balaban J connectivity index is 2.38. The number of rotatable bonds is 4. The zero-order valence-corrected chi connectivity index (χ0v) is 13.4. The SMILES string of the molecule is Cc1nn([C@@H](C)C(=O)c2ccc(Br)cc2)c(C)c1[N+](=O)[O-]. The zero-order valence-electron chi connectivity index (χ0n) is 11.8. The molecule has 1 heterocycles. The zero-order chi connectivity index (χ0) is 15.7. The van der Waals surface area contributed by atoms with Crippen molar-refractivity contribution in [3.05, 3.63) is 55.8 Å². The highest BCUT2D eigenvalue weighted by Crippen LogP contribution is 2.26. The molecule has 2 rings (SSSR count). The van der Waals surface area contributed by atoms with Crippen LogP contribution in [0.3, 0.4) is 0 Å². The standard InChI is InChI=1S/C14H14BrN3O3/c1-8-13(18(20)21)9(2)17(16-8)10(3)14(19)11-4-6-12(15)7-5-11/h4-7,10H,1-3H3/t10-/m0/s1. The van der Waals surface area contributed by atoms with Crippen LogP contribution in [0.4, 0.5) is 5.69 Å². The van der Waals surface area contributed by atoms with E-state index in [1.54, 1.807) is 45.0 Å². The smallest absolute Gasteiger partial charge is 0.292 e. The molecule has 0 aliphatic carbocycles. The number of aryl methyl sites for hydroxylation is 1. The van der Waals surface area contributed by atoms with Gasteiger partial charge in [-0.15, -0.1) is 0 Å². The van der Waals surface area contributed by atoms with E-state index in [0.717, 1.165) is 4.47 Å². The molecule has 0 N–H and O–H groups in total. The normalized spacial score (nSPS) is 12.2. The lowest BCUT2D eigenvalue weighted by Crippen LogP contribution is -2.19. The number of halogens is 1. The van der Waals surface area contributed by atoms with Crippen LogP contribution in [0.15, 0.2) is 28.7 Å². The van der Waals surface area contributed by atoms with Crippen molar-refractivity contribution in [2.75, 3.05) is 0 Å². The number of carbonyl (C=O) groups is 1. The first-order chi connectivity index (χ1) is 9.82. The van der Waals surface area contributed by atoms with Crippen LogP contribution in [-0.4, -0.2) is 20.5 Å². The molecule has 2 aromatic rings. The van der Waals surface area contributed by atoms with E-state index in [9.17, 15) is 14.9 Å². The molecule has 21 heavy (non-hydrogen) atoms. The Hall–Kier alpha value is -2.02. The summed E-state index contributed by atoms with van der Waals surface area (Å²) in [5.41, 5.74) is 1.20. The minimum absolute atomic E-state index is 0.0366. The molecule has 0 aliphatic heterocycles. The second-order valence-electron chi connectivity index (χ2n) is 4.77. The van der Waals surface area contributed by atoms with Crippen LogP contribution in [0.25, 0.3) is 0 Å². The molecule has 0 amide bonds. The third-order valence-electron chi connectivity index (χ3n) is 3.34. The van der Waals surface area contributed by atoms with Crippen LogP contribution in [0.2, 0.25) is 0 Å². The summed E-state index contributed by atoms with van der Waals surface area (Å²) in [5.74, 6) is -0.136. The number of hydrogen-bond acceptors (Lipinski definition) is 4. The van der Waals surface area contributed by atoms with Gasteiger partial charge < -0.3 is 0 Å². The molecule has 0 aliphatic rings. The van der Waals surface area contributed by atoms with Gasteiger partial charge in [-0.2, -0.15) is 5.10 Å². The van der Waals surface area contributed by atoms with Gasteiger partial charge >= 0.3 is 5.69 Å². The van der Waals surface area contributed by atoms with Gasteiger partial charge in [-0.3, -0.25) is 19.6 Å². The van der Waals surface area contributed by atoms with E-state index in [0.29, 0.717) is 17.0 Å². The number of nitrogens with zero attached hydrogens (tertiary/aromatic N) is 3. The number of aromatic nitrogens is 2. The van der Waals surface area contributed by atoms with E-state index < -0.39 is 11.0 Å². The Kier molecular flexibility index (Phi) is 4.22. The van der Waals surface area contributed by atoms with Crippen molar-refractivity contribution in [3.8, 4) is 0 Å². The van der Waals surface area contributed by atoms with Crippen LogP contribution < -0.4 is 0 Å². The first-order valence-corrected chi connectivity index (χ1v) is 7.12. The molecule has 1 aromatic carbocycles. The first-order valence-electron chi connectivity index (χ1n) is 6.32. The number of benzene rings is 1. The molecule has 7 heteroatoms. The van der Waals surface area contributed by atoms with Gasteiger partial charge in [0, 0.05) is 10.0 Å². The quantitative estimate of drug-likeness (QED) is 0.478. The fourth-order valence-corrected chi connectivity index (χ4v) is 2.53. The average molecular weight is 352 g/mol. The highest BCUT2D eigenvalue weighted by Gasteiger charge is 2.27. The summed E-state index contributed by atoms with van der Waals surface area (Å²) in [6, 6.07) is 6.39. The van der Waals surface area contributed by atoms with E-state index in [4.69, 9.17) is 0 Å². The summed E-state index contributed by atoms with van der Waals surface area (Å²) >= 11 is 3.31. The molecule has 0 saturated heterocycles. The van der Waals surface area contributed by atoms with Crippen LogP contribution in [0.1, 0.15) is 34.7 Å². The maximum Gasteiger partial charge on any atom is 0.312 e. The summed E-state index contributed by atoms with van der Waals surface area (Å²) in [6.45, 7) is 4.86. The molecule has 0 saturated carbocycles. The van der Waals surface area contributed by atoms with E-state index in [2.05, 4.69) is 21.0 Å². The highest BCUT2D eigenvalue weighted by molar-refractivity contribution is 9.10. The van der Waals surface area contributed by atoms with Gasteiger partial charge in [0.05, 0.1) is 4.92 Å². The first kappa shape index (κ1) is 15.4. The van der Waals surface area contributed by atoms with Gasteiger partial charge in [0.25, 0.3) is 0 Å². The Morgan fingerprint density at radius 1 is 1.33 bits per heavy atom. The average Bonchev–Trinajstić information content (AvgIpc) is 2.73. The van der Waals surface area contributed by atoms with Crippen molar-refractivity contribution in [2.45, 2.75) is 26.8 Å². The molecule has 0 fully saturated rings. The molecular weight excluding hydrogens is 338 g/mol. The number of hydrogen-bond donors (Lipinski definition) is 0. The fourth-order valence-electron chi connectivity index (χ4n) is 2.26. The Bertz CT molecular complexity index is 707. The second-order valence-corrected chi connectivity index (χ2v) is 5.68. The topological polar surface area (TPSA) is 78.0 Å². The minimum atomic E-state index is -0.599. The number of carbonyl (C=O) groups excluding carboxylic acids is 1. The lowest BCUT2D eigenvalue weighted by Gasteiger charge is -2.12. The van der Waals surface area contributed by atoms with Crippen molar-refractivity contribution < 1.29 is 9.72 Å². The molecular formula is C14H14BrN3O3. The van der Waals surface area contributed by atoms with Gasteiger partial charge in [0.2, 0.25) is 0 Å². The van der Waals surface area contributed by atoms with Crippen LogP contribution in [0, 0.1) is 24.0 Å². The Labute approximate surface area is 130 Å². The molecule has 0 bridgehead atoms. The van der Waals surface area contributed by atoms with Crippen LogP contribution in [0.5, 0.6) is 0 Å². The monoisotopic (exact) mass is 351 g/mol.